The minimum atomic E-state index is -0.519. The van der Waals surface area contributed by atoms with Gasteiger partial charge in [0.15, 0.2) is 0 Å². The largest absolute Gasteiger partial charge is 0.494 e. The van der Waals surface area contributed by atoms with E-state index >= 15 is 0 Å². The fraction of sp³-hybridized carbons (Fsp3) is 0.609. The van der Waals surface area contributed by atoms with Crippen LogP contribution in [0.15, 0.2) is 24.5 Å². The Labute approximate surface area is 190 Å². The molecule has 0 bridgehead atoms. The Kier molecular flexibility index (Phi) is 5.72. The zero-order valence-electron chi connectivity index (χ0n) is 20.1. The van der Waals surface area contributed by atoms with E-state index in [1.807, 2.05) is 66.7 Å². The number of fused-ring (bicyclic) bond motifs is 1. The molecule has 0 unspecified atom stereocenters. The monoisotopic (exact) mass is 440 g/mol. The summed E-state index contributed by atoms with van der Waals surface area (Å²) in [6.45, 7) is 16.4. The van der Waals surface area contributed by atoms with E-state index in [1.54, 1.807) is 11.4 Å². The Bertz CT molecular complexity index is 997. The quantitative estimate of drug-likeness (QED) is 0.675. The molecule has 172 valence electrons. The number of piperazine rings is 1. The molecule has 8 nitrogen and oxygen atoms in total. The molecule has 0 atom stereocenters. The van der Waals surface area contributed by atoms with Gasteiger partial charge in [0.25, 0.3) is 0 Å². The zero-order chi connectivity index (χ0) is 23.3. The molecule has 9 heteroatoms. The normalized spacial score (nSPS) is 21.2. The van der Waals surface area contributed by atoms with Gasteiger partial charge in [-0.15, -0.1) is 5.06 Å². The molecular weight excluding hydrogens is 407 g/mol. The molecule has 1 aromatic heterocycles. The van der Waals surface area contributed by atoms with Crippen molar-refractivity contribution in [2.24, 2.45) is 5.41 Å². The van der Waals surface area contributed by atoms with Crippen LogP contribution in [-0.4, -0.2) is 65.5 Å². The Morgan fingerprint density at radius 1 is 1.03 bits per heavy atom. The van der Waals surface area contributed by atoms with Gasteiger partial charge in [0.05, 0.1) is 35.2 Å². The van der Waals surface area contributed by atoms with Gasteiger partial charge in [-0.25, -0.2) is 14.8 Å². The van der Waals surface area contributed by atoms with Crippen molar-refractivity contribution < 1.29 is 18.9 Å². The number of carbonyl (C=O) groups is 1. The van der Waals surface area contributed by atoms with Gasteiger partial charge in [-0.05, 0) is 66.1 Å². The van der Waals surface area contributed by atoms with E-state index in [-0.39, 0.29) is 17.2 Å². The lowest BCUT2D eigenvalue weighted by Gasteiger charge is -2.35. The van der Waals surface area contributed by atoms with Gasteiger partial charge in [0.1, 0.15) is 12.1 Å². The highest BCUT2D eigenvalue weighted by molar-refractivity contribution is 6.62. The maximum absolute atomic E-state index is 12.2. The van der Waals surface area contributed by atoms with E-state index in [4.69, 9.17) is 14.1 Å². The summed E-state index contributed by atoms with van der Waals surface area (Å²) in [6.07, 6.45) is 1.59. The SMILES string of the molecule is CC(C)(C)C(=O)ON1CCN(c2ncnc3cc(B4OC(C)(C)C(C)(C)O4)ccc23)CC1. The predicted octanol–water partition coefficient (Wildman–Crippen LogP) is 2.56. The van der Waals surface area contributed by atoms with Gasteiger partial charge in [-0.1, -0.05) is 6.07 Å². The fourth-order valence-corrected chi connectivity index (χ4v) is 3.68. The second-order valence-electron chi connectivity index (χ2n) is 10.6. The Morgan fingerprint density at radius 2 is 1.66 bits per heavy atom. The third-order valence-electron chi connectivity index (χ3n) is 6.53. The summed E-state index contributed by atoms with van der Waals surface area (Å²) in [6, 6.07) is 6.08. The number of benzene rings is 1. The number of carbonyl (C=O) groups excluding carboxylic acids is 1. The summed E-state index contributed by atoms with van der Waals surface area (Å²) >= 11 is 0. The van der Waals surface area contributed by atoms with Crippen molar-refractivity contribution in [2.75, 3.05) is 31.1 Å². The topological polar surface area (TPSA) is 77.0 Å². The van der Waals surface area contributed by atoms with Crippen LogP contribution in [0, 0.1) is 5.41 Å². The molecule has 4 rings (SSSR count). The molecule has 0 N–H and O–H groups in total. The fourth-order valence-electron chi connectivity index (χ4n) is 3.68. The maximum Gasteiger partial charge on any atom is 0.494 e. The van der Waals surface area contributed by atoms with E-state index in [0.717, 1.165) is 22.2 Å². The molecule has 32 heavy (non-hydrogen) atoms. The number of nitrogens with zero attached hydrogens (tertiary/aromatic N) is 4. The number of hydrogen-bond acceptors (Lipinski definition) is 8. The molecule has 0 spiro atoms. The molecule has 0 amide bonds. The second-order valence-corrected chi connectivity index (χ2v) is 10.6. The molecule has 2 aliphatic heterocycles. The average molecular weight is 440 g/mol. The summed E-state index contributed by atoms with van der Waals surface area (Å²) in [4.78, 5) is 29.0. The Hall–Kier alpha value is -2.23. The highest BCUT2D eigenvalue weighted by Crippen LogP contribution is 2.36. The number of hydrogen-bond donors (Lipinski definition) is 0. The predicted molar refractivity (Wildman–Crippen MR) is 125 cm³/mol. The molecule has 2 aliphatic rings. The number of anilines is 1. The number of rotatable bonds is 3. The lowest BCUT2D eigenvalue weighted by molar-refractivity contribution is -0.201. The Morgan fingerprint density at radius 3 is 2.25 bits per heavy atom. The van der Waals surface area contributed by atoms with Crippen LogP contribution in [0.3, 0.4) is 0 Å². The van der Waals surface area contributed by atoms with E-state index < -0.39 is 12.5 Å². The number of hydroxylamine groups is 2. The third-order valence-corrected chi connectivity index (χ3v) is 6.53. The summed E-state index contributed by atoms with van der Waals surface area (Å²) < 4.78 is 12.4. The summed E-state index contributed by atoms with van der Waals surface area (Å²) in [5.41, 5.74) is 0.497. The zero-order valence-corrected chi connectivity index (χ0v) is 20.1. The van der Waals surface area contributed by atoms with Gasteiger partial charge in [-0.3, -0.25) is 0 Å². The summed E-state index contributed by atoms with van der Waals surface area (Å²) in [5.74, 6) is 0.672. The maximum atomic E-state index is 12.2. The molecule has 2 aromatic rings. The summed E-state index contributed by atoms with van der Waals surface area (Å²) in [7, 11) is -0.427. The first-order valence-electron chi connectivity index (χ1n) is 11.2. The van der Waals surface area contributed by atoms with Crippen LogP contribution in [0.4, 0.5) is 5.82 Å². The van der Waals surface area contributed by atoms with Crippen LogP contribution in [0.25, 0.3) is 10.9 Å². The first-order valence-corrected chi connectivity index (χ1v) is 11.2. The van der Waals surface area contributed by atoms with Crippen molar-refractivity contribution >= 4 is 35.3 Å². The van der Waals surface area contributed by atoms with Crippen LogP contribution < -0.4 is 10.4 Å². The highest BCUT2D eigenvalue weighted by atomic mass is 16.7. The van der Waals surface area contributed by atoms with Crippen molar-refractivity contribution in [3.8, 4) is 0 Å². The first-order chi connectivity index (χ1) is 14.9. The standard InChI is InChI=1S/C23H33BN4O4/c1-21(2,3)20(29)30-28-12-10-27(11-13-28)19-17-9-8-16(14-18(17)25-15-26-19)24-31-22(4,5)23(6,7)32-24/h8-9,14-15H,10-13H2,1-7H3. The molecule has 2 saturated heterocycles. The van der Waals surface area contributed by atoms with Crippen molar-refractivity contribution in [2.45, 2.75) is 59.7 Å². The van der Waals surface area contributed by atoms with Crippen molar-refractivity contribution in [1.82, 2.24) is 15.0 Å². The average Bonchev–Trinajstić information content (AvgIpc) is 2.94. The van der Waals surface area contributed by atoms with E-state index in [2.05, 4.69) is 14.9 Å². The molecule has 0 saturated carbocycles. The van der Waals surface area contributed by atoms with Gasteiger partial charge >= 0.3 is 13.1 Å². The lowest BCUT2D eigenvalue weighted by atomic mass is 9.79. The molecular formula is C23H33BN4O4. The highest BCUT2D eigenvalue weighted by Gasteiger charge is 2.51. The first kappa shape index (κ1) is 23.0. The van der Waals surface area contributed by atoms with Crippen molar-refractivity contribution in [3.05, 3.63) is 24.5 Å². The van der Waals surface area contributed by atoms with E-state index in [0.29, 0.717) is 26.2 Å². The minimum absolute atomic E-state index is 0.214. The lowest BCUT2D eigenvalue weighted by Crippen LogP contribution is -2.48. The van der Waals surface area contributed by atoms with E-state index in [1.165, 1.54) is 0 Å². The van der Waals surface area contributed by atoms with Gasteiger partial charge < -0.3 is 19.0 Å². The van der Waals surface area contributed by atoms with Crippen LogP contribution >= 0.6 is 0 Å². The van der Waals surface area contributed by atoms with Crippen LogP contribution in [0.5, 0.6) is 0 Å². The van der Waals surface area contributed by atoms with Gasteiger partial charge in [0, 0.05) is 18.5 Å². The molecule has 0 aliphatic carbocycles. The molecule has 1 aromatic carbocycles. The second kappa shape index (κ2) is 7.97. The van der Waals surface area contributed by atoms with Crippen LogP contribution in [-0.2, 0) is 18.9 Å². The van der Waals surface area contributed by atoms with Gasteiger partial charge in [0.2, 0.25) is 0 Å². The Balaban J connectivity index is 1.49. The smallest absolute Gasteiger partial charge is 0.399 e. The van der Waals surface area contributed by atoms with Crippen LogP contribution in [0.2, 0.25) is 0 Å². The molecule has 2 fully saturated rings. The molecule has 3 heterocycles. The van der Waals surface area contributed by atoms with Gasteiger partial charge in [-0.2, -0.15) is 0 Å². The van der Waals surface area contributed by atoms with Crippen LogP contribution in [0.1, 0.15) is 48.5 Å². The van der Waals surface area contributed by atoms with Crippen molar-refractivity contribution in [3.63, 3.8) is 0 Å². The minimum Gasteiger partial charge on any atom is -0.399 e. The van der Waals surface area contributed by atoms with Crippen molar-refractivity contribution in [1.29, 1.82) is 0 Å². The molecule has 0 radical (unpaired) electrons. The number of aromatic nitrogens is 2. The third kappa shape index (κ3) is 4.33. The summed E-state index contributed by atoms with van der Waals surface area (Å²) in [5, 5.41) is 2.72. The van der Waals surface area contributed by atoms with E-state index in [9.17, 15) is 4.79 Å².